The van der Waals surface area contributed by atoms with Gasteiger partial charge in [0, 0.05) is 12.1 Å². The summed E-state index contributed by atoms with van der Waals surface area (Å²) < 4.78 is 0. The second-order valence-electron chi connectivity index (χ2n) is 4.98. The minimum absolute atomic E-state index is 0.106. The first-order valence-corrected chi connectivity index (χ1v) is 6.16. The van der Waals surface area contributed by atoms with Crippen LogP contribution in [0.1, 0.15) is 41.6 Å². The first-order chi connectivity index (χ1) is 8.09. The van der Waals surface area contributed by atoms with Crippen LogP contribution in [0.4, 0.5) is 0 Å². The van der Waals surface area contributed by atoms with Crippen molar-refractivity contribution in [2.24, 2.45) is 0 Å². The Morgan fingerprint density at radius 2 is 1.88 bits per heavy atom. The maximum absolute atomic E-state index is 11.8. The summed E-state index contributed by atoms with van der Waals surface area (Å²) in [5.41, 5.74) is 1.11. The van der Waals surface area contributed by atoms with E-state index in [1.54, 1.807) is 0 Å². The SMILES string of the molecule is Cc1ccc(C(=O)NCC2(O)CCCC2)cc1. The van der Waals surface area contributed by atoms with Gasteiger partial charge in [-0.25, -0.2) is 0 Å². The number of rotatable bonds is 3. The lowest BCUT2D eigenvalue weighted by Gasteiger charge is -2.22. The number of aliphatic hydroxyl groups is 1. The molecule has 1 aliphatic rings. The normalized spacial score (nSPS) is 18.0. The van der Waals surface area contributed by atoms with Crippen molar-refractivity contribution in [3.63, 3.8) is 0 Å². The third-order valence-electron chi connectivity index (χ3n) is 3.43. The smallest absolute Gasteiger partial charge is 0.251 e. The van der Waals surface area contributed by atoms with Gasteiger partial charge in [-0.3, -0.25) is 4.79 Å². The Labute approximate surface area is 102 Å². The summed E-state index contributed by atoms with van der Waals surface area (Å²) in [4.78, 5) is 11.8. The van der Waals surface area contributed by atoms with Gasteiger partial charge in [0.15, 0.2) is 0 Å². The topological polar surface area (TPSA) is 49.3 Å². The molecule has 0 radical (unpaired) electrons. The maximum Gasteiger partial charge on any atom is 0.251 e. The van der Waals surface area contributed by atoms with Crippen molar-refractivity contribution in [1.29, 1.82) is 0 Å². The zero-order valence-corrected chi connectivity index (χ0v) is 10.2. The van der Waals surface area contributed by atoms with E-state index in [-0.39, 0.29) is 5.91 Å². The minimum Gasteiger partial charge on any atom is -0.388 e. The van der Waals surface area contributed by atoms with E-state index in [9.17, 15) is 9.90 Å². The summed E-state index contributed by atoms with van der Waals surface area (Å²) in [7, 11) is 0. The van der Waals surface area contributed by atoms with Gasteiger partial charge in [0.05, 0.1) is 5.60 Å². The zero-order valence-electron chi connectivity index (χ0n) is 10.2. The summed E-state index contributed by atoms with van der Waals surface area (Å²) in [6.45, 7) is 2.35. The Morgan fingerprint density at radius 3 is 2.47 bits per heavy atom. The standard InChI is InChI=1S/C14H19NO2/c1-11-4-6-12(7-5-11)13(16)15-10-14(17)8-2-3-9-14/h4-7,17H,2-3,8-10H2,1H3,(H,15,16). The van der Waals surface area contributed by atoms with E-state index >= 15 is 0 Å². The molecule has 0 heterocycles. The molecule has 1 aromatic rings. The summed E-state index contributed by atoms with van der Waals surface area (Å²) in [5, 5.41) is 12.9. The summed E-state index contributed by atoms with van der Waals surface area (Å²) in [6, 6.07) is 7.45. The number of aryl methyl sites for hydroxylation is 1. The highest BCUT2D eigenvalue weighted by Crippen LogP contribution is 2.28. The maximum atomic E-state index is 11.8. The average Bonchev–Trinajstić information content (AvgIpc) is 2.75. The number of carbonyl (C=O) groups excluding carboxylic acids is 1. The molecule has 2 N–H and O–H groups in total. The minimum atomic E-state index is -0.680. The fourth-order valence-corrected chi connectivity index (χ4v) is 2.26. The number of hydrogen-bond acceptors (Lipinski definition) is 2. The van der Waals surface area contributed by atoms with Gasteiger partial charge >= 0.3 is 0 Å². The molecule has 0 aliphatic heterocycles. The second-order valence-corrected chi connectivity index (χ2v) is 4.98. The van der Waals surface area contributed by atoms with E-state index in [0.717, 1.165) is 31.2 Å². The van der Waals surface area contributed by atoms with E-state index < -0.39 is 5.60 Å². The molecule has 0 spiro atoms. The Balaban J connectivity index is 1.91. The van der Waals surface area contributed by atoms with Gasteiger partial charge in [-0.15, -0.1) is 0 Å². The molecule has 3 nitrogen and oxygen atoms in total. The van der Waals surface area contributed by atoms with E-state index in [0.29, 0.717) is 12.1 Å². The molecule has 0 atom stereocenters. The number of amides is 1. The van der Waals surface area contributed by atoms with Crippen molar-refractivity contribution < 1.29 is 9.90 Å². The van der Waals surface area contributed by atoms with Crippen molar-refractivity contribution in [3.05, 3.63) is 35.4 Å². The van der Waals surface area contributed by atoms with E-state index in [4.69, 9.17) is 0 Å². The Hall–Kier alpha value is -1.35. The van der Waals surface area contributed by atoms with Gasteiger partial charge in [-0.05, 0) is 31.9 Å². The lowest BCUT2D eigenvalue weighted by atomic mass is 10.0. The van der Waals surface area contributed by atoms with Gasteiger partial charge in [0.1, 0.15) is 0 Å². The summed E-state index contributed by atoms with van der Waals surface area (Å²) in [6.07, 6.45) is 3.69. The van der Waals surface area contributed by atoms with Crippen LogP contribution in [-0.4, -0.2) is 23.2 Å². The van der Waals surface area contributed by atoms with Crippen LogP contribution in [0.2, 0.25) is 0 Å². The Bertz CT molecular complexity index is 391. The first-order valence-electron chi connectivity index (χ1n) is 6.16. The van der Waals surface area contributed by atoms with Crippen molar-refractivity contribution in [2.45, 2.75) is 38.2 Å². The van der Waals surface area contributed by atoms with Gasteiger partial charge < -0.3 is 10.4 Å². The van der Waals surface area contributed by atoms with Crippen LogP contribution in [0.15, 0.2) is 24.3 Å². The average molecular weight is 233 g/mol. The van der Waals surface area contributed by atoms with Gasteiger partial charge in [0.25, 0.3) is 5.91 Å². The summed E-state index contributed by atoms with van der Waals surface area (Å²) >= 11 is 0. The quantitative estimate of drug-likeness (QED) is 0.839. The lowest BCUT2D eigenvalue weighted by Crippen LogP contribution is -2.40. The largest absolute Gasteiger partial charge is 0.388 e. The van der Waals surface area contributed by atoms with Gasteiger partial charge in [0.2, 0.25) is 0 Å². The molecule has 0 unspecified atom stereocenters. The zero-order chi connectivity index (χ0) is 12.3. The van der Waals surface area contributed by atoms with Gasteiger partial charge in [-0.1, -0.05) is 30.5 Å². The molecule has 0 saturated heterocycles. The van der Waals surface area contributed by atoms with Crippen LogP contribution in [0.3, 0.4) is 0 Å². The van der Waals surface area contributed by atoms with Crippen molar-refractivity contribution in [3.8, 4) is 0 Å². The van der Waals surface area contributed by atoms with Crippen LogP contribution in [0.25, 0.3) is 0 Å². The predicted molar refractivity (Wildman–Crippen MR) is 66.9 cm³/mol. The second kappa shape index (κ2) is 4.88. The highest BCUT2D eigenvalue weighted by molar-refractivity contribution is 5.94. The monoisotopic (exact) mass is 233 g/mol. The molecule has 3 heteroatoms. The van der Waals surface area contributed by atoms with E-state index in [2.05, 4.69) is 5.32 Å². The van der Waals surface area contributed by atoms with Crippen LogP contribution in [0, 0.1) is 6.92 Å². The summed E-state index contributed by atoms with van der Waals surface area (Å²) in [5.74, 6) is -0.106. The Kier molecular flexibility index (Phi) is 3.48. The molecule has 17 heavy (non-hydrogen) atoms. The molecule has 1 aliphatic carbocycles. The van der Waals surface area contributed by atoms with E-state index in [1.807, 2.05) is 31.2 Å². The van der Waals surface area contributed by atoms with Crippen molar-refractivity contribution >= 4 is 5.91 Å². The highest BCUT2D eigenvalue weighted by Gasteiger charge is 2.31. The van der Waals surface area contributed by atoms with Gasteiger partial charge in [-0.2, -0.15) is 0 Å². The number of nitrogens with one attached hydrogen (secondary N) is 1. The molecular weight excluding hydrogens is 214 g/mol. The molecule has 92 valence electrons. The Morgan fingerprint density at radius 1 is 1.29 bits per heavy atom. The third kappa shape index (κ3) is 3.07. The predicted octanol–water partition coefficient (Wildman–Crippen LogP) is 2.03. The molecule has 0 aromatic heterocycles. The van der Waals surface area contributed by atoms with Crippen LogP contribution < -0.4 is 5.32 Å². The van der Waals surface area contributed by atoms with Crippen molar-refractivity contribution in [1.82, 2.24) is 5.32 Å². The molecule has 1 amide bonds. The number of hydrogen-bond donors (Lipinski definition) is 2. The van der Waals surface area contributed by atoms with Crippen molar-refractivity contribution in [2.75, 3.05) is 6.54 Å². The highest BCUT2D eigenvalue weighted by atomic mass is 16.3. The lowest BCUT2D eigenvalue weighted by molar-refractivity contribution is 0.0449. The number of benzene rings is 1. The fraction of sp³-hybridized carbons (Fsp3) is 0.500. The van der Waals surface area contributed by atoms with Crippen LogP contribution in [0.5, 0.6) is 0 Å². The van der Waals surface area contributed by atoms with E-state index in [1.165, 1.54) is 0 Å². The molecule has 1 fully saturated rings. The fourth-order valence-electron chi connectivity index (χ4n) is 2.26. The number of carbonyl (C=O) groups is 1. The molecule has 1 aromatic carbocycles. The van der Waals surface area contributed by atoms with Crippen LogP contribution >= 0.6 is 0 Å². The molecule has 2 rings (SSSR count). The van der Waals surface area contributed by atoms with Crippen LogP contribution in [-0.2, 0) is 0 Å². The molecule has 1 saturated carbocycles. The first kappa shape index (κ1) is 12.1. The molecule has 0 bridgehead atoms. The third-order valence-corrected chi connectivity index (χ3v) is 3.43. The molecular formula is C14H19NO2.